The van der Waals surface area contributed by atoms with Crippen LogP contribution in [0.5, 0.6) is 0 Å². The lowest BCUT2D eigenvalue weighted by atomic mass is 9.88. The SMILES string of the molecule is Cc1ncccc1NC1CCc2ccccc2C1. The highest BCUT2D eigenvalue weighted by atomic mass is 14.9. The van der Waals surface area contributed by atoms with Gasteiger partial charge in [-0.05, 0) is 49.4 Å². The van der Waals surface area contributed by atoms with Gasteiger partial charge < -0.3 is 5.32 Å². The summed E-state index contributed by atoms with van der Waals surface area (Å²) in [7, 11) is 0. The van der Waals surface area contributed by atoms with Crippen molar-refractivity contribution in [2.45, 2.75) is 32.2 Å². The van der Waals surface area contributed by atoms with E-state index in [9.17, 15) is 0 Å². The van der Waals surface area contributed by atoms with Crippen LogP contribution in [0.4, 0.5) is 5.69 Å². The van der Waals surface area contributed by atoms with Crippen LogP contribution in [0.3, 0.4) is 0 Å². The summed E-state index contributed by atoms with van der Waals surface area (Å²) in [6.07, 6.45) is 5.33. The standard InChI is InChI=1S/C16H18N2/c1-12-16(7-4-10-17-12)18-15-9-8-13-5-2-3-6-14(13)11-15/h2-7,10,15,18H,8-9,11H2,1H3. The van der Waals surface area contributed by atoms with Gasteiger partial charge in [0.1, 0.15) is 0 Å². The number of pyridine rings is 1. The van der Waals surface area contributed by atoms with Gasteiger partial charge in [0, 0.05) is 12.2 Å². The minimum atomic E-state index is 0.530. The first-order valence-electron chi connectivity index (χ1n) is 6.58. The number of nitrogens with zero attached hydrogens (tertiary/aromatic N) is 1. The summed E-state index contributed by atoms with van der Waals surface area (Å²) in [5, 5.41) is 3.63. The molecular formula is C16H18N2. The van der Waals surface area contributed by atoms with Crippen molar-refractivity contribution in [2.75, 3.05) is 5.32 Å². The van der Waals surface area contributed by atoms with Gasteiger partial charge in [-0.2, -0.15) is 0 Å². The molecule has 0 amide bonds. The first-order valence-corrected chi connectivity index (χ1v) is 6.58. The molecule has 18 heavy (non-hydrogen) atoms. The van der Waals surface area contributed by atoms with Crippen molar-refractivity contribution in [3.63, 3.8) is 0 Å². The number of aromatic nitrogens is 1. The molecule has 1 unspecified atom stereocenters. The highest BCUT2D eigenvalue weighted by Gasteiger charge is 2.18. The van der Waals surface area contributed by atoms with E-state index < -0.39 is 0 Å². The summed E-state index contributed by atoms with van der Waals surface area (Å²) in [5.41, 5.74) is 5.25. The summed E-state index contributed by atoms with van der Waals surface area (Å²) < 4.78 is 0. The van der Waals surface area contributed by atoms with Crippen LogP contribution in [0.15, 0.2) is 42.6 Å². The van der Waals surface area contributed by atoms with Gasteiger partial charge in [-0.1, -0.05) is 24.3 Å². The third-order valence-electron chi connectivity index (χ3n) is 3.71. The van der Waals surface area contributed by atoms with E-state index in [1.54, 1.807) is 0 Å². The highest BCUT2D eigenvalue weighted by Crippen LogP contribution is 2.24. The summed E-state index contributed by atoms with van der Waals surface area (Å²) in [6, 6.07) is 13.4. The minimum absolute atomic E-state index is 0.530. The molecule has 1 aromatic heterocycles. The number of aryl methyl sites for hydroxylation is 2. The lowest BCUT2D eigenvalue weighted by Gasteiger charge is -2.26. The van der Waals surface area contributed by atoms with E-state index in [1.165, 1.54) is 29.7 Å². The number of nitrogens with one attached hydrogen (secondary N) is 1. The van der Waals surface area contributed by atoms with Crippen LogP contribution in [0.2, 0.25) is 0 Å². The Morgan fingerprint density at radius 1 is 1.11 bits per heavy atom. The lowest BCUT2D eigenvalue weighted by molar-refractivity contribution is 0.610. The van der Waals surface area contributed by atoms with Crippen molar-refractivity contribution in [3.05, 3.63) is 59.4 Å². The van der Waals surface area contributed by atoms with Crippen LogP contribution >= 0.6 is 0 Å². The topological polar surface area (TPSA) is 24.9 Å². The van der Waals surface area contributed by atoms with Crippen molar-refractivity contribution in [2.24, 2.45) is 0 Å². The molecule has 1 heterocycles. The van der Waals surface area contributed by atoms with Gasteiger partial charge in [-0.25, -0.2) is 0 Å². The number of benzene rings is 1. The van der Waals surface area contributed by atoms with Gasteiger partial charge in [-0.3, -0.25) is 4.98 Å². The summed E-state index contributed by atoms with van der Waals surface area (Å²) >= 11 is 0. The van der Waals surface area contributed by atoms with Gasteiger partial charge in [0.15, 0.2) is 0 Å². The monoisotopic (exact) mass is 238 g/mol. The third kappa shape index (κ3) is 2.23. The Hall–Kier alpha value is -1.83. The van der Waals surface area contributed by atoms with Crippen molar-refractivity contribution >= 4 is 5.69 Å². The molecule has 2 aromatic rings. The Balaban J connectivity index is 1.75. The number of hydrogen-bond acceptors (Lipinski definition) is 2. The second kappa shape index (κ2) is 4.81. The van der Waals surface area contributed by atoms with Crippen LogP contribution < -0.4 is 5.32 Å². The maximum atomic E-state index is 4.33. The van der Waals surface area contributed by atoms with Gasteiger partial charge >= 0.3 is 0 Å². The predicted molar refractivity (Wildman–Crippen MR) is 74.9 cm³/mol. The maximum Gasteiger partial charge on any atom is 0.0603 e. The summed E-state index contributed by atoms with van der Waals surface area (Å²) in [4.78, 5) is 4.33. The smallest absolute Gasteiger partial charge is 0.0603 e. The second-order valence-corrected chi connectivity index (χ2v) is 4.99. The van der Waals surface area contributed by atoms with Crippen molar-refractivity contribution in [1.82, 2.24) is 4.98 Å². The molecule has 0 bridgehead atoms. The molecule has 1 aliphatic carbocycles. The van der Waals surface area contributed by atoms with E-state index in [2.05, 4.69) is 47.6 Å². The Labute approximate surface area is 108 Å². The largest absolute Gasteiger partial charge is 0.381 e. The molecule has 3 rings (SSSR count). The van der Waals surface area contributed by atoms with E-state index in [4.69, 9.17) is 0 Å². The molecule has 1 aliphatic rings. The second-order valence-electron chi connectivity index (χ2n) is 4.99. The van der Waals surface area contributed by atoms with Crippen molar-refractivity contribution in [1.29, 1.82) is 0 Å². The minimum Gasteiger partial charge on any atom is -0.381 e. The zero-order valence-corrected chi connectivity index (χ0v) is 10.7. The van der Waals surface area contributed by atoms with Gasteiger partial charge in [0.05, 0.1) is 11.4 Å². The Bertz CT molecular complexity index is 548. The first kappa shape index (κ1) is 11.3. The molecule has 0 saturated heterocycles. The molecular weight excluding hydrogens is 220 g/mol. The zero-order valence-electron chi connectivity index (χ0n) is 10.7. The fraction of sp³-hybridized carbons (Fsp3) is 0.312. The number of hydrogen-bond donors (Lipinski definition) is 1. The lowest BCUT2D eigenvalue weighted by Crippen LogP contribution is -2.27. The maximum absolute atomic E-state index is 4.33. The zero-order chi connectivity index (χ0) is 12.4. The van der Waals surface area contributed by atoms with Crippen LogP contribution in [0.1, 0.15) is 23.2 Å². The fourth-order valence-corrected chi connectivity index (χ4v) is 2.68. The molecule has 0 radical (unpaired) electrons. The normalized spacial score (nSPS) is 18.2. The van der Waals surface area contributed by atoms with E-state index >= 15 is 0 Å². The van der Waals surface area contributed by atoms with Gasteiger partial charge in [0.2, 0.25) is 0 Å². The van der Waals surface area contributed by atoms with Crippen LogP contribution in [0, 0.1) is 6.92 Å². The van der Waals surface area contributed by atoms with Gasteiger partial charge in [0.25, 0.3) is 0 Å². The fourth-order valence-electron chi connectivity index (χ4n) is 2.68. The number of rotatable bonds is 2. The molecule has 92 valence electrons. The van der Waals surface area contributed by atoms with E-state index in [0.29, 0.717) is 6.04 Å². The molecule has 0 aliphatic heterocycles. The van der Waals surface area contributed by atoms with Crippen LogP contribution in [-0.2, 0) is 12.8 Å². The number of fused-ring (bicyclic) bond motifs is 1. The van der Waals surface area contributed by atoms with Crippen LogP contribution in [-0.4, -0.2) is 11.0 Å². The van der Waals surface area contributed by atoms with Crippen molar-refractivity contribution < 1.29 is 0 Å². The molecule has 0 spiro atoms. The van der Waals surface area contributed by atoms with Crippen molar-refractivity contribution in [3.8, 4) is 0 Å². The predicted octanol–water partition coefficient (Wildman–Crippen LogP) is 3.36. The Morgan fingerprint density at radius 3 is 2.78 bits per heavy atom. The van der Waals surface area contributed by atoms with E-state index in [0.717, 1.165) is 12.1 Å². The average molecular weight is 238 g/mol. The van der Waals surface area contributed by atoms with E-state index in [1.807, 2.05) is 12.3 Å². The highest BCUT2D eigenvalue weighted by molar-refractivity contribution is 5.48. The summed E-state index contributed by atoms with van der Waals surface area (Å²) in [5.74, 6) is 0. The summed E-state index contributed by atoms with van der Waals surface area (Å²) in [6.45, 7) is 2.05. The molecule has 0 fully saturated rings. The Morgan fingerprint density at radius 2 is 1.94 bits per heavy atom. The first-order chi connectivity index (χ1) is 8.83. The molecule has 1 N–H and O–H groups in total. The van der Waals surface area contributed by atoms with Gasteiger partial charge in [-0.15, -0.1) is 0 Å². The Kier molecular flexibility index (Phi) is 3.01. The molecule has 1 atom stereocenters. The number of anilines is 1. The average Bonchev–Trinajstić information content (AvgIpc) is 2.41. The van der Waals surface area contributed by atoms with E-state index in [-0.39, 0.29) is 0 Å². The molecule has 1 aromatic carbocycles. The molecule has 2 nitrogen and oxygen atoms in total. The third-order valence-corrected chi connectivity index (χ3v) is 3.71. The molecule has 2 heteroatoms. The van der Waals surface area contributed by atoms with Crippen LogP contribution in [0.25, 0.3) is 0 Å². The quantitative estimate of drug-likeness (QED) is 0.867. The molecule has 0 saturated carbocycles.